The van der Waals surface area contributed by atoms with Crippen molar-refractivity contribution < 1.29 is 14.9 Å². The van der Waals surface area contributed by atoms with Crippen LogP contribution in [0.3, 0.4) is 0 Å². The Bertz CT molecular complexity index is 951. The summed E-state index contributed by atoms with van der Waals surface area (Å²) >= 11 is 1.70. The second-order valence-corrected chi connectivity index (χ2v) is 8.21. The van der Waals surface area contributed by atoms with Crippen LogP contribution in [0, 0.1) is 0 Å². The maximum absolute atomic E-state index is 12.5. The summed E-state index contributed by atoms with van der Waals surface area (Å²) in [4.78, 5) is 24.8. The average molecular weight is 423 g/mol. The van der Waals surface area contributed by atoms with Crippen LogP contribution in [0.25, 0.3) is 0 Å². The maximum atomic E-state index is 12.5. The molecule has 0 fully saturated rings. The Balaban J connectivity index is 1.62. The summed E-state index contributed by atoms with van der Waals surface area (Å²) < 4.78 is 0. The van der Waals surface area contributed by atoms with Gasteiger partial charge in [0.15, 0.2) is 6.54 Å². The van der Waals surface area contributed by atoms with Gasteiger partial charge in [0.1, 0.15) is 6.04 Å². The molecule has 0 saturated carbocycles. The lowest BCUT2D eigenvalue weighted by Crippen LogP contribution is -2.87. The van der Waals surface area contributed by atoms with Gasteiger partial charge < -0.3 is 16.0 Å². The zero-order chi connectivity index (χ0) is 21.3. The van der Waals surface area contributed by atoms with Crippen molar-refractivity contribution in [1.29, 1.82) is 0 Å². The number of nitrogens with two attached hydrogens (primary N) is 1. The Morgan fingerprint density at radius 2 is 1.63 bits per heavy atom. The molecule has 0 radical (unpaired) electrons. The van der Waals surface area contributed by atoms with Crippen molar-refractivity contribution in [3.8, 4) is 0 Å². The van der Waals surface area contributed by atoms with Gasteiger partial charge >= 0.3 is 0 Å². The standard InChI is InChI=1S/C24H27N3O2S/c1-3-5-18-7-9-19(10-8-18)24(22-6-4-15-30-22)25-16-23(29)27-21-13-11-20(12-14-21)26-17(2)28/h4,6-15,24-25H,3,5,16H2,1-2H3,(H,26,28)(H,27,29)/p+1/t24-/m0/s1. The fourth-order valence-electron chi connectivity index (χ4n) is 3.34. The fourth-order valence-corrected chi connectivity index (χ4v) is 4.19. The molecule has 1 atom stereocenters. The number of nitrogens with one attached hydrogen (secondary N) is 2. The molecule has 0 unspecified atom stereocenters. The molecular weight excluding hydrogens is 394 g/mol. The highest BCUT2D eigenvalue weighted by Gasteiger charge is 2.20. The highest BCUT2D eigenvalue weighted by molar-refractivity contribution is 7.10. The highest BCUT2D eigenvalue weighted by atomic mass is 32.1. The number of amides is 2. The second-order valence-electron chi connectivity index (χ2n) is 7.23. The molecule has 6 heteroatoms. The van der Waals surface area contributed by atoms with E-state index in [2.05, 4.69) is 58.6 Å². The molecule has 0 spiro atoms. The second kappa shape index (κ2) is 10.7. The molecule has 1 heterocycles. The minimum atomic E-state index is -0.122. The van der Waals surface area contributed by atoms with Gasteiger partial charge in [-0.3, -0.25) is 9.59 Å². The van der Waals surface area contributed by atoms with E-state index in [1.807, 2.05) is 6.07 Å². The summed E-state index contributed by atoms with van der Waals surface area (Å²) in [6, 6.07) is 20.1. The van der Waals surface area contributed by atoms with E-state index in [0.29, 0.717) is 17.9 Å². The zero-order valence-corrected chi connectivity index (χ0v) is 18.2. The van der Waals surface area contributed by atoms with Crippen LogP contribution in [0.2, 0.25) is 0 Å². The zero-order valence-electron chi connectivity index (χ0n) is 17.4. The summed E-state index contributed by atoms with van der Waals surface area (Å²) in [5.74, 6) is -0.185. The van der Waals surface area contributed by atoms with Crippen molar-refractivity contribution in [3.05, 3.63) is 82.0 Å². The third-order valence-electron chi connectivity index (χ3n) is 4.76. The Morgan fingerprint density at radius 1 is 0.967 bits per heavy atom. The van der Waals surface area contributed by atoms with E-state index in [1.165, 1.54) is 22.9 Å². The number of thiophene rings is 1. The van der Waals surface area contributed by atoms with Gasteiger partial charge in [-0.2, -0.15) is 0 Å². The van der Waals surface area contributed by atoms with Crippen molar-refractivity contribution in [3.63, 3.8) is 0 Å². The normalized spacial score (nSPS) is 11.7. The van der Waals surface area contributed by atoms with Crippen LogP contribution >= 0.6 is 11.3 Å². The number of carbonyl (C=O) groups is 2. The highest BCUT2D eigenvalue weighted by Crippen LogP contribution is 2.23. The smallest absolute Gasteiger partial charge is 0.279 e. The lowest BCUT2D eigenvalue weighted by Gasteiger charge is -2.15. The molecule has 1 aromatic heterocycles. The molecule has 0 aliphatic rings. The third kappa shape index (κ3) is 6.27. The average Bonchev–Trinajstić information content (AvgIpc) is 3.25. The van der Waals surface area contributed by atoms with Crippen LogP contribution in [-0.4, -0.2) is 18.4 Å². The molecule has 2 aromatic carbocycles. The number of benzene rings is 2. The van der Waals surface area contributed by atoms with Gasteiger partial charge in [-0.05, 0) is 47.7 Å². The SMILES string of the molecule is CCCc1ccc([C@H]([NH2+]CC(=O)Nc2ccc(NC(C)=O)cc2)c2cccs2)cc1. The van der Waals surface area contributed by atoms with E-state index < -0.39 is 0 Å². The van der Waals surface area contributed by atoms with Crippen molar-refractivity contribution in [2.24, 2.45) is 0 Å². The largest absolute Gasteiger partial charge is 0.328 e. The minimum absolute atomic E-state index is 0.0635. The van der Waals surface area contributed by atoms with Crippen molar-refractivity contribution in [2.45, 2.75) is 32.7 Å². The fraction of sp³-hybridized carbons (Fsp3) is 0.250. The quantitative estimate of drug-likeness (QED) is 0.488. The lowest BCUT2D eigenvalue weighted by molar-refractivity contribution is -0.675. The Kier molecular flexibility index (Phi) is 7.76. The number of carbonyl (C=O) groups excluding carboxylic acids is 2. The number of hydrogen-bond acceptors (Lipinski definition) is 3. The molecule has 4 N–H and O–H groups in total. The van der Waals surface area contributed by atoms with E-state index in [0.717, 1.165) is 12.8 Å². The van der Waals surface area contributed by atoms with Gasteiger partial charge in [0.05, 0.1) is 4.88 Å². The Morgan fingerprint density at radius 3 is 2.20 bits per heavy atom. The minimum Gasteiger partial charge on any atom is -0.328 e. The van der Waals surface area contributed by atoms with Crippen LogP contribution in [0.15, 0.2) is 66.0 Å². The first-order chi connectivity index (χ1) is 14.5. The van der Waals surface area contributed by atoms with E-state index >= 15 is 0 Å². The predicted molar refractivity (Wildman–Crippen MR) is 123 cm³/mol. The first-order valence-corrected chi connectivity index (χ1v) is 11.1. The van der Waals surface area contributed by atoms with Gasteiger partial charge in [0.25, 0.3) is 5.91 Å². The Hall–Kier alpha value is -2.96. The van der Waals surface area contributed by atoms with Gasteiger partial charge in [-0.1, -0.05) is 43.7 Å². The van der Waals surface area contributed by atoms with Crippen molar-refractivity contribution >= 4 is 34.5 Å². The van der Waals surface area contributed by atoms with Gasteiger partial charge in [-0.15, -0.1) is 11.3 Å². The first-order valence-electron chi connectivity index (χ1n) is 10.2. The molecule has 0 aliphatic carbocycles. The number of hydrogen-bond donors (Lipinski definition) is 3. The molecule has 5 nitrogen and oxygen atoms in total. The topological polar surface area (TPSA) is 74.8 Å². The third-order valence-corrected chi connectivity index (χ3v) is 5.71. The summed E-state index contributed by atoms with van der Waals surface area (Å²) in [5.41, 5.74) is 3.95. The van der Waals surface area contributed by atoms with Gasteiger partial charge in [-0.25, -0.2) is 0 Å². The van der Waals surface area contributed by atoms with E-state index in [9.17, 15) is 9.59 Å². The lowest BCUT2D eigenvalue weighted by atomic mass is 10.0. The molecule has 0 saturated heterocycles. The van der Waals surface area contributed by atoms with Crippen LogP contribution in [-0.2, 0) is 16.0 Å². The molecule has 30 heavy (non-hydrogen) atoms. The number of quaternary nitrogens is 1. The van der Waals surface area contributed by atoms with Crippen molar-refractivity contribution in [2.75, 3.05) is 17.2 Å². The molecule has 3 rings (SSSR count). The number of rotatable bonds is 9. The molecule has 2 amide bonds. The first kappa shape index (κ1) is 21.7. The molecule has 0 aliphatic heterocycles. The summed E-state index contributed by atoms with van der Waals surface area (Å²) in [6.07, 6.45) is 2.21. The predicted octanol–water partition coefficient (Wildman–Crippen LogP) is 3.95. The van der Waals surface area contributed by atoms with Crippen molar-refractivity contribution in [1.82, 2.24) is 0 Å². The van der Waals surface area contributed by atoms with Gasteiger partial charge in [0.2, 0.25) is 5.91 Å². The number of anilines is 2. The monoisotopic (exact) mass is 422 g/mol. The van der Waals surface area contributed by atoms with Gasteiger partial charge in [0, 0.05) is 23.9 Å². The molecule has 3 aromatic rings. The Labute approximate surface area is 181 Å². The summed E-state index contributed by atoms with van der Waals surface area (Å²) in [5, 5.41) is 9.77. The summed E-state index contributed by atoms with van der Waals surface area (Å²) in [6.45, 7) is 3.96. The van der Waals surface area contributed by atoms with Crippen LogP contribution in [0.4, 0.5) is 11.4 Å². The van der Waals surface area contributed by atoms with Crippen LogP contribution < -0.4 is 16.0 Å². The molecular formula is C24H28N3O2S+. The van der Waals surface area contributed by atoms with E-state index in [4.69, 9.17) is 0 Å². The van der Waals surface area contributed by atoms with E-state index in [1.54, 1.807) is 35.6 Å². The maximum Gasteiger partial charge on any atom is 0.279 e. The van der Waals surface area contributed by atoms with Crippen LogP contribution in [0.1, 0.15) is 42.3 Å². The molecule has 156 valence electrons. The summed E-state index contributed by atoms with van der Waals surface area (Å²) in [7, 11) is 0. The number of aryl methyl sites for hydroxylation is 1. The van der Waals surface area contributed by atoms with E-state index in [-0.39, 0.29) is 17.9 Å². The molecule has 0 bridgehead atoms. The van der Waals surface area contributed by atoms with Crippen LogP contribution in [0.5, 0.6) is 0 Å².